The van der Waals surface area contributed by atoms with E-state index in [1.165, 1.54) is 0 Å². The van der Waals surface area contributed by atoms with E-state index in [1.54, 1.807) is 30.1 Å². The standard InChI is InChI=1S/C16H22ClN3O3.ClH/c1-10(2)20(3)16(22)11-4-5-12(17)13(8-11)19-15(21)14-9-18-6-7-23-14;/h4-5,8,10,14,18H,6-7,9H2,1-3H3,(H,19,21);1H. The van der Waals surface area contributed by atoms with Gasteiger partial charge in [0.25, 0.3) is 11.8 Å². The zero-order chi connectivity index (χ0) is 17.0. The highest BCUT2D eigenvalue weighted by Crippen LogP contribution is 2.24. The first-order valence-electron chi connectivity index (χ1n) is 7.60. The van der Waals surface area contributed by atoms with Crippen molar-refractivity contribution in [3.8, 4) is 0 Å². The van der Waals surface area contributed by atoms with Crippen molar-refractivity contribution in [1.82, 2.24) is 10.2 Å². The Morgan fingerprint density at radius 2 is 2.12 bits per heavy atom. The van der Waals surface area contributed by atoms with E-state index in [0.717, 1.165) is 6.54 Å². The summed E-state index contributed by atoms with van der Waals surface area (Å²) in [6, 6.07) is 4.94. The summed E-state index contributed by atoms with van der Waals surface area (Å²) in [5.41, 5.74) is 0.887. The Morgan fingerprint density at radius 3 is 2.71 bits per heavy atom. The minimum Gasteiger partial charge on any atom is -0.366 e. The molecule has 1 aromatic carbocycles. The molecule has 134 valence electrons. The predicted molar refractivity (Wildman–Crippen MR) is 97.2 cm³/mol. The Kier molecular flexibility index (Phi) is 7.96. The van der Waals surface area contributed by atoms with E-state index >= 15 is 0 Å². The van der Waals surface area contributed by atoms with Crippen molar-refractivity contribution in [2.24, 2.45) is 0 Å². The van der Waals surface area contributed by atoms with E-state index in [-0.39, 0.29) is 30.3 Å². The summed E-state index contributed by atoms with van der Waals surface area (Å²) < 4.78 is 5.41. The van der Waals surface area contributed by atoms with Gasteiger partial charge in [0.05, 0.1) is 17.3 Å². The molecule has 0 spiro atoms. The fourth-order valence-electron chi connectivity index (χ4n) is 2.14. The molecule has 8 heteroatoms. The van der Waals surface area contributed by atoms with Crippen LogP contribution in [0.25, 0.3) is 0 Å². The Balaban J connectivity index is 0.00000288. The molecule has 0 radical (unpaired) electrons. The number of carbonyl (C=O) groups excluding carboxylic acids is 2. The van der Waals surface area contributed by atoms with Crippen LogP contribution in [0.15, 0.2) is 18.2 Å². The molecule has 0 saturated carbocycles. The second kappa shape index (κ2) is 9.22. The van der Waals surface area contributed by atoms with Crippen molar-refractivity contribution in [3.63, 3.8) is 0 Å². The van der Waals surface area contributed by atoms with Crippen molar-refractivity contribution < 1.29 is 14.3 Å². The number of amides is 2. The zero-order valence-corrected chi connectivity index (χ0v) is 15.5. The Bertz CT molecular complexity index is 590. The fourth-order valence-corrected chi connectivity index (χ4v) is 2.30. The van der Waals surface area contributed by atoms with Gasteiger partial charge in [0.2, 0.25) is 0 Å². The van der Waals surface area contributed by atoms with Gasteiger partial charge in [-0.15, -0.1) is 12.4 Å². The first-order valence-corrected chi connectivity index (χ1v) is 7.98. The second-order valence-electron chi connectivity index (χ2n) is 5.76. The molecule has 1 fully saturated rings. The first kappa shape index (κ1) is 20.7. The van der Waals surface area contributed by atoms with Gasteiger partial charge >= 0.3 is 0 Å². The molecule has 2 N–H and O–H groups in total. The normalized spacial score (nSPS) is 17.1. The highest BCUT2D eigenvalue weighted by Gasteiger charge is 2.23. The van der Waals surface area contributed by atoms with Crippen LogP contribution in [0.4, 0.5) is 5.69 Å². The number of nitrogens with one attached hydrogen (secondary N) is 2. The van der Waals surface area contributed by atoms with Crippen LogP contribution in [0.1, 0.15) is 24.2 Å². The van der Waals surface area contributed by atoms with E-state index in [1.807, 2.05) is 13.8 Å². The van der Waals surface area contributed by atoms with Crippen LogP contribution in [-0.4, -0.2) is 55.6 Å². The highest BCUT2D eigenvalue weighted by molar-refractivity contribution is 6.34. The lowest BCUT2D eigenvalue weighted by atomic mass is 10.1. The lowest BCUT2D eigenvalue weighted by Crippen LogP contribution is -2.45. The molecule has 1 aromatic rings. The maximum Gasteiger partial charge on any atom is 0.254 e. The lowest BCUT2D eigenvalue weighted by Gasteiger charge is -2.24. The molecule has 1 aliphatic heterocycles. The molecule has 1 unspecified atom stereocenters. The van der Waals surface area contributed by atoms with Crippen molar-refractivity contribution in [1.29, 1.82) is 0 Å². The number of carbonyl (C=O) groups is 2. The van der Waals surface area contributed by atoms with Crippen LogP contribution >= 0.6 is 24.0 Å². The lowest BCUT2D eigenvalue weighted by molar-refractivity contribution is -0.128. The van der Waals surface area contributed by atoms with Gasteiger partial charge < -0.3 is 20.3 Å². The number of rotatable bonds is 4. The molecule has 0 aliphatic carbocycles. The summed E-state index contributed by atoms with van der Waals surface area (Å²) in [6.07, 6.45) is -0.558. The number of ether oxygens (including phenoxy) is 1. The molecule has 1 aliphatic rings. The van der Waals surface area contributed by atoms with E-state index in [9.17, 15) is 9.59 Å². The topological polar surface area (TPSA) is 70.7 Å². The highest BCUT2D eigenvalue weighted by atomic mass is 35.5. The molecule has 1 atom stereocenters. The van der Waals surface area contributed by atoms with Gasteiger partial charge in [0, 0.05) is 31.7 Å². The second-order valence-corrected chi connectivity index (χ2v) is 6.16. The molecular weight excluding hydrogens is 353 g/mol. The number of anilines is 1. The summed E-state index contributed by atoms with van der Waals surface area (Å²) >= 11 is 6.13. The van der Waals surface area contributed by atoms with Crippen LogP contribution < -0.4 is 10.6 Å². The number of hydrogen-bond acceptors (Lipinski definition) is 4. The molecule has 2 rings (SSSR count). The summed E-state index contributed by atoms with van der Waals surface area (Å²) in [4.78, 5) is 26.2. The molecule has 1 heterocycles. The molecule has 0 aromatic heterocycles. The van der Waals surface area contributed by atoms with Crippen molar-refractivity contribution in [2.75, 3.05) is 32.1 Å². The minimum atomic E-state index is -0.558. The summed E-state index contributed by atoms with van der Waals surface area (Å²) in [7, 11) is 1.74. The molecule has 0 bridgehead atoms. The maximum absolute atomic E-state index is 12.4. The number of hydrogen-bond donors (Lipinski definition) is 2. The third kappa shape index (κ3) is 5.08. The largest absolute Gasteiger partial charge is 0.366 e. The molecule has 1 saturated heterocycles. The SMILES string of the molecule is CC(C)N(C)C(=O)c1ccc(Cl)c(NC(=O)C2CNCCO2)c1.Cl. The number of nitrogens with zero attached hydrogens (tertiary/aromatic N) is 1. The maximum atomic E-state index is 12.4. The van der Waals surface area contributed by atoms with E-state index in [2.05, 4.69) is 10.6 Å². The van der Waals surface area contributed by atoms with Crippen molar-refractivity contribution >= 4 is 41.5 Å². The Hall–Kier alpha value is -1.34. The van der Waals surface area contributed by atoms with Crippen LogP contribution in [0.2, 0.25) is 5.02 Å². The number of morpholine rings is 1. The molecule has 6 nitrogen and oxygen atoms in total. The number of benzene rings is 1. The Labute approximate surface area is 153 Å². The number of halogens is 2. The fraction of sp³-hybridized carbons (Fsp3) is 0.500. The van der Waals surface area contributed by atoms with Gasteiger partial charge in [-0.05, 0) is 32.0 Å². The first-order chi connectivity index (χ1) is 10.9. The molecular formula is C16H23Cl2N3O3. The minimum absolute atomic E-state index is 0. The van der Waals surface area contributed by atoms with E-state index in [0.29, 0.717) is 29.4 Å². The van der Waals surface area contributed by atoms with Gasteiger partial charge in [-0.3, -0.25) is 9.59 Å². The average Bonchev–Trinajstić information content (AvgIpc) is 2.56. The van der Waals surface area contributed by atoms with Gasteiger partial charge in [-0.2, -0.15) is 0 Å². The van der Waals surface area contributed by atoms with Crippen molar-refractivity contribution in [3.05, 3.63) is 28.8 Å². The van der Waals surface area contributed by atoms with Crippen LogP contribution in [-0.2, 0) is 9.53 Å². The predicted octanol–water partition coefficient (Wildman–Crippen LogP) is 2.17. The summed E-state index contributed by atoms with van der Waals surface area (Å²) in [5.74, 6) is -0.399. The zero-order valence-electron chi connectivity index (χ0n) is 14.0. The van der Waals surface area contributed by atoms with Gasteiger partial charge in [-0.25, -0.2) is 0 Å². The Morgan fingerprint density at radius 1 is 1.42 bits per heavy atom. The van der Waals surface area contributed by atoms with Crippen molar-refractivity contribution in [2.45, 2.75) is 26.0 Å². The average molecular weight is 376 g/mol. The van der Waals surface area contributed by atoms with Gasteiger partial charge in [-0.1, -0.05) is 11.6 Å². The summed E-state index contributed by atoms with van der Waals surface area (Å²) in [6.45, 7) is 5.55. The van der Waals surface area contributed by atoms with Gasteiger partial charge in [0.15, 0.2) is 0 Å². The quantitative estimate of drug-likeness (QED) is 0.845. The van der Waals surface area contributed by atoms with Crippen LogP contribution in [0.5, 0.6) is 0 Å². The smallest absolute Gasteiger partial charge is 0.254 e. The molecule has 24 heavy (non-hydrogen) atoms. The van der Waals surface area contributed by atoms with E-state index in [4.69, 9.17) is 16.3 Å². The van der Waals surface area contributed by atoms with Gasteiger partial charge in [0.1, 0.15) is 6.10 Å². The monoisotopic (exact) mass is 375 g/mol. The molecule has 2 amide bonds. The van der Waals surface area contributed by atoms with Crippen LogP contribution in [0, 0.1) is 0 Å². The third-order valence-electron chi connectivity index (χ3n) is 3.79. The van der Waals surface area contributed by atoms with Crippen LogP contribution in [0.3, 0.4) is 0 Å². The third-order valence-corrected chi connectivity index (χ3v) is 4.12. The van der Waals surface area contributed by atoms with E-state index < -0.39 is 6.10 Å². The summed E-state index contributed by atoms with van der Waals surface area (Å²) in [5, 5.41) is 6.21.